The van der Waals surface area contributed by atoms with Crippen molar-refractivity contribution in [2.75, 3.05) is 11.9 Å². The van der Waals surface area contributed by atoms with E-state index in [1.54, 1.807) is 28.9 Å². The van der Waals surface area contributed by atoms with Crippen LogP contribution in [-0.2, 0) is 6.54 Å². The minimum Gasteiger partial charge on any atom is -0.316 e. The van der Waals surface area contributed by atoms with Crippen LogP contribution in [0.2, 0.25) is 0 Å². The molecule has 124 valence electrons. The Morgan fingerprint density at radius 3 is 3.04 bits per heavy atom. The van der Waals surface area contributed by atoms with Crippen molar-refractivity contribution in [3.63, 3.8) is 0 Å². The van der Waals surface area contributed by atoms with Crippen LogP contribution in [0.3, 0.4) is 0 Å². The molecule has 1 saturated heterocycles. The summed E-state index contributed by atoms with van der Waals surface area (Å²) in [7, 11) is 0. The Bertz CT molecular complexity index is 799. The largest absolute Gasteiger partial charge is 0.316 e. The van der Waals surface area contributed by atoms with Crippen LogP contribution in [0, 0.1) is 6.92 Å². The molecule has 1 fully saturated rings. The Balaban J connectivity index is 1.51. The summed E-state index contributed by atoms with van der Waals surface area (Å²) in [6, 6.07) is 6.56. The summed E-state index contributed by atoms with van der Waals surface area (Å²) in [5.74, 6) is 0.860. The number of hydrogen-bond acceptors (Lipinski definition) is 7. The Hall–Kier alpha value is -1.83. The molecule has 1 N–H and O–H groups in total. The zero-order chi connectivity index (χ0) is 16.4. The van der Waals surface area contributed by atoms with Crippen molar-refractivity contribution in [3.8, 4) is 0 Å². The van der Waals surface area contributed by atoms with Gasteiger partial charge in [0, 0.05) is 23.5 Å². The summed E-state index contributed by atoms with van der Waals surface area (Å²) in [6.07, 6.45) is 4.15. The van der Waals surface area contributed by atoms with Crippen molar-refractivity contribution >= 4 is 33.6 Å². The van der Waals surface area contributed by atoms with Crippen LogP contribution in [0.4, 0.5) is 10.9 Å². The number of nitrogens with one attached hydrogen (secondary N) is 1. The van der Waals surface area contributed by atoms with E-state index in [4.69, 9.17) is 4.98 Å². The highest BCUT2D eigenvalue weighted by Gasteiger charge is 2.27. The Kier molecular flexibility index (Phi) is 4.55. The number of anilines is 2. The molecule has 0 spiro atoms. The summed E-state index contributed by atoms with van der Waals surface area (Å²) in [5.41, 5.74) is 2.29. The van der Waals surface area contributed by atoms with E-state index in [9.17, 15) is 0 Å². The lowest BCUT2D eigenvalue weighted by atomic mass is 10.1. The summed E-state index contributed by atoms with van der Waals surface area (Å²) >= 11 is 3.30. The van der Waals surface area contributed by atoms with Crippen molar-refractivity contribution in [2.24, 2.45) is 0 Å². The normalized spacial score (nSPS) is 18.1. The molecule has 1 atom stereocenters. The Morgan fingerprint density at radius 2 is 2.25 bits per heavy atom. The molecule has 0 bridgehead atoms. The van der Waals surface area contributed by atoms with Gasteiger partial charge in [-0.05, 0) is 38.4 Å². The van der Waals surface area contributed by atoms with Gasteiger partial charge in [0.05, 0.1) is 22.4 Å². The van der Waals surface area contributed by atoms with Gasteiger partial charge in [0.2, 0.25) is 0 Å². The van der Waals surface area contributed by atoms with Gasteiger partial charge < -0.3 is 5.32 Å². The third-order valence-electron chi connectivity index (χ3n) is 4.17. The van der Waals surface area contributed by atoms with E-state index in [0.717, 1.165) is 41.2 Å². The molecule has 0 aliphatic carbocycles. The van der Waals surface area contributed by atoms with Crippen molar-refractivity contribution in [1.29, 1.82) is 0 Å². The maximum atomic E-state index is 4.82. The average Bonchev–Trinajstić information content (AvgIpc) is 3.31. The van der Waals surface area contributed by atoms with Crippen molar-refractivity contribution in [3.05, 3.63) is 51.6 Å². The first-order chi connectivity index (χ1) is 11.8. The maximum Gasteiger partial charge on any atom is 0.188 e. The first kappa shape index (κ1) is 15.7. The molecule has 1 aliphatic heterocycles. The van der Waals surface area contributed by atoms with Crippen LogP contribution < -0.4 is 5.32 Å². The first-order valence-electron chi connectivity index (χ1n) is 8.06. The molecule has 0 radical (unpaired) electrons. The summed E-state index contributed by atoms with van der Waals surface area (Å²) in [5, 5.41) is 9.42. The van der Waals surface area contributed by atoms with Crippen LogP contribution in [-0.4, -0.2) is 26.4 Å². The molecule has 4 rings (SSSR count). The minimum absolute atomic E-state index is 0.366. The lowest BCUT2D eigenvalue weighted by molar-refractivity contribution is 0.242. The number of aromatic nitrogens is 3. The summed E-state index contributed by atoms with van der Waals surface area (Å²) < 4.78 is 0. The summed E-state index contributed by atoms with van der Waals surface area (Å²) in [4.78, 5) is 16.2. The maximum absolute atomic E-state index is 4.82. The standard InChI is InChI=1S/C17H19N5S2/c1-12-19-13(11-24-12)10-22-8-3-5-15(22)14-4-2-6-16(20-14)21-17-18-7-9-23-17/h2,4,6-7,9,11,15H,3,5,8,10H2,1H3,(H,18,20,21). The van der Waals surface area contributed by atoms with Crippen LogP contribution in [0.5, 0.6) is 0 Å². The SMILES string of the molecule is Cc1nc(CN2CCCC2c2cccc(Nc3nccs3)n2)cs1. The molecule has 1 aliphatic rings. The Morgan fingerprint density at radius 1 is 1.29 bits per heavy atom. The third kappa shape index (κ3) is 3.48. The summed E-state index contributed by atoms with van der Waals surface area (Å²) in [6.45, 7) is 4.07. The predicted octanol–water partition coefficient (Wildman–Crippen LogP) is 4.38. The first-order valence-corrected chi connectivity index (χ1v) is 9.82. The van der Waals surface area contributed by atoms with Crippen LogP contribution in [0.25, 0.3) is 0 Å². The van der Waals surface area contributed by atoms with Gasteiger partial charge in [-0.25, -0.2) is 15.0 Å². The monoisotopic (exact) mass is 357 g/mol. The quantitative estimate of drug-likeness (QED) is 0.734. The van der Waals surface area contributed by atoms with Gasteiger partial charge in [-0.1, -0.05) is 6.07 Å². The van der Waals surface area contributed by atoms with Crippen molar-refractivity contribution < 1.29 is 0 Å². The second kappa shape index (κ2) is 6.96. The van der Waals surface area contributed by atoms with Crippen LogP contribution >= 0.6 is 22.7 Å². The van der Waals surface area contributed by atoms with Gasteiger partial charge >= 0.3 is 0 Å². The molecule has 24 heavy (non-hydrogen) atoms. The third-order valence-corrected chi connectivity index (χ3v) is 5.69. The smallest absolute Gasteiger partial charge is 0.188 e. The predicted molar refractivity (Wildman–Crippen MR) is 98.9 cm³/mol. The van der Waals surface area contributed by atoms with Gasteiger partial charge in [0.15, 0.2) is 5.13 Å². The van der Waals surface area contributed by atoms with Gasteiger partial charge in [0.1, 0.15) is 5.82 Å². The molecule has 4 heterocycles. The number of hydrogen-bond donors (Lipinski definition) is 1. The Labute approximate surface area is 149 Å². The molecular weight excluding hydrogens is 338 g/mol. The van der Waals surface area contributed by atoms with Gasteiger partial charge in [-0.2, -0.15) is 0 Å². The van der Waals surface area contributed by atoms with Gasteiger partial charge in [-0.15, -0.1) is 22.7 Å². The fourth-order valence-electron chi connectivity index (χ4n) is 3.14. The number of aryl methyl sites for hydroxylation is 1. The molecule has 0 amide bonds. The van der Waals surface area contributed by atoms with Gasteiger partial charge in [-0.3, -0.25) is 4.90 Å². The lowest BCUT2D eigenvalue weighted by Gasteiger charge is -2.23. The highest BCUT2D eigenvalue weighted by Crippen LogP contribution is 2.33. The molecule has 3 aromatic rings. The molecule has 1 unspecified atom stereocenters. The second-order valence-electron chi connectivity index (χ2n) is 5.90. The number of rotatable bonds is 5. The highest BCUT2D eigenvalue weighted by atomic mass is 32.1. The van der Waals surface area contributed by atoms with Gasteiger partial charge in [0.25, 0.3) is 0 Å². The number of pyridine rings is 1. The average molecular weight is 358 g/mol. The molecule has 0 aromatic carbocycles. The van der Waals surface area contributed by atoms with E-state index in [0.29, 0.717) is 6.04 Å². The van der Waals surface area contributed by atoms with E-state index < -0.39 is 0 Å². The molecular formula is C17H19N5S2. The zero-order valence-electron chi connectivity index (χ0n) is 13.5. The second-order valence-corrected chi connectivity index (χ2v) is 7.85. The molecule has 0 saturated carbocycles. The molecule has 7 heteroatoms. The van der Waals surface area contributed by atoms with Crippen molar-refractivity contribution in [2.45, 2.75) is 32.4 Å². The number of nitrogens with zero attached hydrogens (tertiary/aromatic N) is 4. The van der Waals surface area contributed by atoms with E-state index in [1.165, 1.54) is 12.1 Å². The topological polar surface area (TPSA) is 53.9 Å². The minimum atomic E-state index is 0.366. The molecule has 5 nitrogen and oxygen atoms in total. The number of thiazole rings is 2. The van der Waals surface area contributed by atoms with E-state index >= 15 is 0 Å². The fourth-order valence-corrected chi connectivity index (χ4v) is 4.28. The van der Waals surface area contributed by atoms with E-state index in [2.05, 4.69) is 44.6 Å². The zero-order valence-corrected chi connectivity index (χ0v) is 15.1. The van der Waals surface area contributed by atoms with Crippen LogP contribution in [0.15, 0.2) is 35.2 Å². The van der Waals surface area contributed by atoms with E-state index in [1.807, 2.05) is 11.4 Å². The highest BCUT2D eigenvalue weighted by molar-refractivity contribution is 7.13. The lowest BCUT2D eigenvalue weighted by Crippen LogP contribution is -2.23. The van der Waals surface area contributed by atoms with Crippen LogP contribution in [0.1, 0.15) is 35.3 Å². The van der Waals surface area contributed by atoms with Crippen molar-refractivity contribution in [1.82, 2.24) is 19.9 Å². The number of likely N-dealkylation sites (tertiary alicyclic amines) is 1. The molecule has 3 aromatic heterocycles. The van der Waals surface area contributed by atoms with E-state index in [-0.39, 0.29) is 0 Å². The fraction of sp³-hybridized carbons (Fsp3) is 0.353.